The zero-order chi connectivity index (χ0) is 22.4. The van der Waals surface area contributed by atoms with Crippen molar-refractivity contribution in [3.63, 3.8) is 0 Å². The molecule has 4 rings (SSSR count). The van der Waals surface area contributed by atoms with Crippen molar-refractivity contribution in [3.05, 3.63) is 59.5 Å². The summed E-state index contributed by atoms with van der Waals surface area (Å²) < 4.78 is 43.6. The number of aryl methyl sites for hydroxylation is 1. The second-order valence-electron chi connectivity index (χ2n) is 8.13. The van der Waals surface area contributed by atoms with Crippen LogP contribution in [-0.2, 0) is 0 Å². The summed E-state index contributed by atoms with van der Waals surface area (Å²) in [6.45, 7) is 2.46. The molecule has 164 valence electrons. The van der Waals surface area contributed by atoms with Gasteiger partial charge in [0.1, 0.15) is 17.0 Å². The number of fused-ring (bicyclic) bond motifs is 2. The van der Waals surface area contributed by atoms with Gasteiger partial charge in [-0.2, -0.15) is 13.2 Å². The number of rotatable bonds is 4. The highest BCUT2D eigenvalue weighted by atomic mass is 19.4. The highest BCUT2D eigenvalue weighted by Crippen LogP contribution is 2.60. The third kappa shape index (κ3) is 3.39. The van der Waals surface area contributed by atoms with Crippen LogP contribution < -0.4 is 5.32 Å². The van der Waals surface area contributed by atoms with Crippen molar-refractivity contribution in [3.8, 4) is 5.75 Å². The summed E-state index contributed by atoms with van der Waals surface area (Å²) in [6.07, 6.45) is -3.01. The molecule has 0 bridgehead atoms. The van der Waals surface area contributed by atoms with E-state index in [0.29, 0.717) is 40.0 Å². The SMILES string of the molecule is CC[C@@H]1C[C@](CO)(C(F)(F)F)C(Nc2cccc3nc(C)ncc23)c2cccc(O)c21. The van der Waals surface area contributed by atoms with Gasteiger partial charge in [-0.05, 0) is 49.4 Å². The van der Waals surface area contributed by atoms with Crippen LogP contribution >= 0.6 is 0 Å². The van der Waals surface area contributed by atoms with E-state index in [1.807, 2.05) is 0 Å². The number of hydrogen-bond donors (Lipinski definition) is 3. The summed E-state index contributed by atoms with van der Waals surface area (Å²) in [5, 5.41) is 24.3. The van der Waals surface area contributed by atoms with Crippen molar-refractivity contribution in [1.82, 2.24) is 9.97 Å². The van der Waals surface area contributed by atoms with Gasteiger partial charge in [0.2, 0.25) is 0 Å². The molecule has 0 radical (unpaired) electrons. The standard InChI is InChI=1S/C23H24F3N3O2/c1-3-14-10-22(12-30,23(24,25)26)21(15-6-4-9-19(31)20(14)15)29-18-8-5-7-17-16(18)11-27-13(2)28-17/h4-9,11,14,21,29-31H,3,10,12H2,1-2H3/t14-,21?,22-/m1/s1. The Morgan fingerprint density at radius 1 is 1.19 bits per heavy atom. The Morgan fingerprint density at radius 3 is 2.61 bits per heavy atom. The van der Waals surface area contributed by atoms with Crippen molar-refractivity contribution in [2.75, 3.05) is 11.9 Å². The molecule has 0 fully saturated rings. The maximum Gasteiger partial charge on any atom is 0.399 e. The van der Waals surface area contributed by atoms with Crippen LogP contribution in [0.15, 0.2) is 42.6 Å². The Hall–Kier alpha value is -2.87. The smallest absolute Gasteiger partial charge is 0.399 e. The predicted octanol–water partition coefficient (Wildman–Crippen LogP) is 5.24. The van der Waals surface area contributed by atoms with E-state index < -0.39 is 30.2 Å². The van der Waals surface area contributed by atoms with Crippen LogP contribution in [0.1, 0.15) is 48.7 Å². The van der Waals surface area contributed by atoms with E-state index in [1.54, 1.807) is 44.3 Å². The van der Waals surface area contributed by atoms with Gasteiger partial charge in [0, 0.05) is 22.8 Å². The van der Waals surface area contributed by atoms with E-state index in [1.165, 1.54) is 12.1 Å². The average Bonchev–Trinajstić information content (AvgIpc) is 2.73. The van der Waals surface area contributed by atoms with Crippen molar-refractivity contribution in [1.29, 1.82) is 0 Å². The number of aromatic hydroxyl groups is 1. The Bertz CT molecular complexity index is 1120. The molecular formula is C23H24F3N3O2. The van der Waals surface area contributed by atoms with Gasteiger partial charge in [-0.3, -0.25) is 0 Å². The summed E-state index contributed by atoms with van der Waals surface area (Å²) >= 11 is 0. The molecule has 3 aromatic rings. The minimum Gasteiger partial charge on any atom is -0.508 e. The molecule has 31 heavy (non-hydrogen) atoms. The first kappa shape index (κ1) is 21.4. The van der Waals surface area contributed by atoms with E-state index in [0.717, 1.165) is 0 Å². The molecule has 0 saturated heterocycles. The third-order valence-electron chi connectivity index (χ3n) is 6.38. The lowest BCUT2D eigenvalue weighted by Crippen LogP contribution is -2.52. The molecular weight excluding hydrogens is 407 g/mol. The van der Waals surface area contributed by atoms with E-state index >= 15 is 0 Å². The third-order valence-corrected chi connectivity index (χ3v) is 6.38. The predicted molar refractivity (Wildman–Crippen MR) is 112 cm³/mol. The molecule has 1 aliphatic rings. The van der Waals surface area contributed by atoms with E-state index in [9.17, 15) is 23.4 Å². The number of phenols is 1. The van der Waals surface area contributed by atoms with Crippen molar-refractivity contribution < 1.29 is 23.4 Å². The number of hydrogen-bond acceptors (Lipinski definition) is 5. The summed E-state index contributed by atoms with van der Waals surface area (Å²) in [6, 6.07) is 8.49. The first-order valence-electron chi connectivity index (χ1n) is 10.2. The van der Waals surface area contributed by atoms with Gasteiger partial charge in [-0.1, -0.05) is 25.1 Å². The molecule has 3 N–H and O–H groups in total. The average molecular weight is 431 g/mol. The van der Waals surface area contributed by atoms with Crippen molar-refractivity contribution >= 4 is 16.6 Å². The number of halogens is 3. The van der Waals surface area contributed by atoms with Crippen LogP contribution in [0.4, 0.5) is 18.9 Å². The molecule has 1 aliphatic carbocycles. The van der Waals surface area contributed by atoms with Gasteiger partial charge in [0.25, 0.3) is 0 Å². The van der Waals surface area contributed by atoms with Crippen molar-refractivity contribution in [2.45, 2.75) is 44.8 Å². The normalized spacial score (nSPS) is 23.5. The lowest BCUT2D eigenvalue weighted by atomic mass is 9.62. The fourth-order valence-corrected chi connectivity index (χ4v) is 4.74. The van der Waals surface area contributed by atoms with Crippen LogP contribution in [0.2, 0.25) is 0 Å². The van der Waals surface area contributed by atoms with E-state index in [-0.39, 0.29) is 12.2 Å². The molecule has 1 unspecified atom stereocenters. The second-order valence-corrected chi connectivity index (χ2v) is 8.13. The first-order valence-corrected chi connectivity index (χ1v) is 10.2. The molecule has 1 heterocycles. The quantitative estimate of drug-likeness (QED) is 0.527. The van der Waals surface area contributed by atoms with E-state index in [4.69, 9.17) is 0 Å². The second kappa shape index (κ2) is 7.67. The number of phenolic OH excluding ortho intramolecular Hbond substituents is 1. The number of alkyl halides is 3. The molecule has 2 aromatic carbocycles. The van der Waals surface area contributed by atoms with Gasteiger partial charge in [0.05, 0.1) is 18.2 Å². The molecule has 0 amide bonds. The fraction of sp³-hybridized carbons (Fsp3) is 0.391. The fourth-order valence-electron chi connectivity index (χ4n) is 4.74. The number of nitrogens with one attached hydrogen (secondary N) is 1. The summed E-state index contributed by atoms with van der Waals surface area (Å²) in [5.41, 5.74) is -0.522. The van der Waals surface area contributed by atoms with Gasteiger partial charge < -0.3 is 15.5 Å². The maximum atomic E-state index is 14.5. The number of aliphatic hydroxyl groups is 1. The Labute approximate surface area is 178 Å². The Balaban J connectivity index is 1.94. The van der Waals surface area contributed by atoms with Gasteiger partial charge >= 0.3 is 6.18 Å². The Morgan fingerprint density at radius 2 is 1.94 bits per heavy atom. The zero-order valence-electron chi connectivity index (χ0n) is 17.2. The minimum absolute atomic E-state index is 0.0262. The zero-order valence-corrected chi connectivity index (χ0v) is 17.2. The highest BCUT2D eigenvalue weighted by molar-refractivity contribution is 5.91. The molecule has 8 heteroatoms. The monoisotopic (exact) mass is 431 g/mol. The lowest BCUT2D eigenvalue weighted by Gasteiger charge is -2.48. The van der Waals surface area contributed by atoms with Crippen LogP contribution in [-0.4, -0.2) is 33.0 Å². The number of nitrogens with zero attached hydrogens (tertiary/aromatic N) is 2. The maximum absolute atomic E-state index is 14.5. The van der Waals surface area contributed by atoms with Crippen molar-refractivity contribution in [2.24, 2.45) is 5.41 Å². The minimum atomic E-state index is -4.67. The number of aromatic nitrogens is 2. The van der Waals surface area contributed by atoms with E-state index in [2.05, 4.69) is 15.3 Å². The molecule has 3 atom stereocenters. The summed E-state index contributed by atoms with van der Waals surface area (Å²) in [7, 11) is 0. The molecule has 5 nitrogen and oxygen atoms in total. The molecule has 0 aliphatic heterocycles. The van der Waals surface area contributed by atoms with Gasteiger partial charge in [0.15, 0.2) is 0 Å². The molecule has 0 saturated carbocycles. The first-order chi connectivity index (χ1) is 14.7. The van der Waals surface area contributed by atoms with Crippen LogP contribution in [0.5, 0.6) is 5.75 Å². The number of anilines is 1. The topological polar surface area (TPSA) is 78.3 Å². The largest absolute Gasteiger partial charge is 0.508 e. The molecule has 0 spiro atoms. The van der Waals surface area contributed by atoms with Crippen LogP contribution in [0.25, 0.3) is 10.9 Å². The number of aliphatic hydroxyl groups excluding tert-OH is 1. The van der Waals surface area contributed by atoms with Crippen LogP contribution in [0, 0.1) is 12.3 Å². The molecule has 1 aromatic heterocycles. The number of benzene rings is 2. The summed E-state index contributed by atoms with van der Waals surface area (Å²) in [5.74, 6) is 0.00614. The lowest BCUT2D eigenvalue weighted by molar-refractivity contribution is -0.248. The summed E-state index contributed by atoms with van der Waals surface area (Å²) in [4.78, 5) is 8.54. The Kier molecular flexibility index (Phi) is 5.29. The van der Waals surface area contributed by atoms with Gasteiger partial charge in [-0.25, -0.2) is 9.97 Å². The van der Waals surface area contributed by atoms with Gasteiger partial charge in [-0.15, -0.1) is 0 Å². The van der Waals surface area contributed by atoms with Crippen LogP contribution in [0.3, 0.4) is 0 Å². The highest BCUT2D eigenvalue weighted by Gasteiger charge is 2.62.